The molecule has 2 aromatic carbocycles. The number of nitrogens with zero attached hydrogens (tertiary/aromatic N) is 2. The summed E-state index contributed by atoms with van der Waals surface area (Å²) in [6, 6.07) is 16.6. The van der Waals surface area contributed by atoms with Crippen LogP contribution in [0.1, 0.15) is 17.0 Å². The van der Waals surface area contributed by atoms with Crippen LogP contribution in [-0.2, 0) is 7.05 Å². The highest BCUT2D eigenvalue weighted by Gasteiger charge is 2.36. The summed E-state index contributed by atoms with van der Waals surface area (Å²) in [5.41, 5.74) is 7.71. The average molecular weight is 364 g/mol. The molecule has 1 atom stereocenters. The maximum Gasteiger partial charge on any atom is 0.258 e. The lowest BCUT2D eigenvalue weighted by Crippen LogP contribution is -2.31. The van der Waals surface area contributed by atoms with E-state index in [2.05, 4.69) is 6.07 Å². The topological polar surface area (TPSA) is 81.0 Å². The molecule has 1 aromatic heterocycles. The van der Waals surface area contributed by atoms with Gasteiger partial charge in [0.15, 0.2) is 0 Å². The lowest BCUT2D eigenvalue weighted by atomic mass is 9.83. The molecule has 26 heavy (non-hydrogen) atoms. The molecule has 0 aliphatic carbocycles. The number of fused-ring (bicyclic) bond motifs is 3. The van der Waals surface area contributed by atoms with Crippen LogP contribution in [0.5, 0.6) is 5.75 Å². The summed E-state index contributed by atoms with van der Waals surface area (Å²) in [6.45, 7) is 0. The fourth-order valence-electron chi connectivity index (χ4n) is 3.45. The summed E-state index contributed by atoms with van der Waals surface area (Å²) in [7, 11) is 1.70. The van der Waals surface area contributed by atoms with Crippen LogP contribution < -0.4 is 16.0 Å². The molecule has 4 rings (SSSR count). The Morgan fingerprint density at radius 2 is 1.88 bits per heavy atom. The molecule has 5 nitrogen and oxygen atoms in total. The maximum absolute atomic E-state index is 13.2. The summed E-state index contributed by atoms with van der Waals surface area (Å²) in [4.78, 5) is 13.2. The third-order valence-electron chi connectivity index (χ3n) is 4.68. The van der Waals surface area contributed by atoms with Crippen LogP contribution in [0.2, 0.25) is 5.02 Å². The Morgan fingerprint density at radius 1 is 1.19 bits per heavy atom. The Labute approximate surface area is 154 Å². The number of pyridine rings is 1. The number of nitrogens with two attached hydrogens (primary N) is 1. The van der Waals surface area contributed by atoms with Crippen LogP contribution in [-0.4, -0.2) is 4.57 Å². The SMILES string of the molecule is Cn1c(=O)c2c(c3ccccc31)OC(N)=C(C#N)[C@H]2c1ccccc1Cl. The van der Waals surface area contributed by atoms with Crippen LogP contribution in [0.15, 0.2) is 64.8 Å². The minimum Gasteiger partial charge on any atom is -0.439 e. The van der Waals surface area contributed by atoms with Crippen molar-refractivity contribution in [1.82, 2.24) is 4.57 Å². The molecule has 0 saturated heterocycles. The first kappa shape index (κ1) is 16.2. The molecule has 2 heterocycles. The minimum absolute atomic E-state index is 0.0108. The first-order chi connectivity index (χ1) is 12.5. The second-order valence-electron chi connectivity index (χ2n) is 6.07. The molecule has 0 bridgehead atoms. The Bertz CT molecular complexity index is 1190. The van der Waals surface area contributed by atoms with E-state index in [4.69, 9.17) is 22.1 Å². The maximum atomic E-state index is 13.2. The standard InChI is InChI=1S/C20H14ClN3O2/c1-24-15-9-5-3-7-12(15)18-17(20(24)25)16(13(10-22)19(23)26-18)11-6-2-4-8-14(11)21/h2-9,16H,23H2,1H3/t16-/m1/s1. The molecule has 0 fully saturated rings. The Balaban J connectivity index is 2.16. The number of aromatic nitrogens is 1. The Morgan fingerprint density at radius 3 is 2.62 bits per heavy atom. The Hall–Kier alpha value is -3.23. The van der Waals surface area contributed by atoms with E-state index < -0.39 is 5.92 Å². The zero-order valence-electron chi connectivity index (χ0n) is 13.9. The van der Waals surface area contributed by atoms with Crippen molar-refractivity contribution in [2.45, 2.75) is 5.92 Å². The zero-order valence-corrected chi connectivity index (χ0v) is 14.6. The summed E-state index contributed by atoms with van der Waals surface area (Å²) >= 11 is 6.38. The first-order valence-corrected chi connectivity index (χ1v) is 8.36. The van der Waals surface area contributed by atoms with Gasteiger partial charge in [-0.15, -0.1) is 0 Å². The van der Waals surface area contributed by atoms with Crippen LogP contribution in [0.4, 0.5) is 0 Å². The highest BCUT2D eigenvalue weighted by Crippen LogP contribution is 2.44. The number of benzene rings is 2. The molecule has 0 saturated carbocycles. The number of nitriles is 1. The van der Waals surface area contributed by atoms with E-state index in [1.54, 1.807) is 29.8 Å². The molecular weight excluding hydrogens is 350 g/mol. The van der Waals surface area contributed by atoms with Gasteiger partial charge in [-0.2, -0.15) is 5.26 Å². The van der Waals surface area contributed by atoms with Gasteiger partial charge < -0.3 is 15.0 Å². The molecular formula is C20H14ClN3O2. The third-order valence-corrected chi connectivity index (χ3v) is 5.03. The molecule has 1 aliphatic rings. The molecule has 128 valence electrons. The minimum atomic E-state index is -0.680. The van der Waals surface area contributed by atoms with Gasteiger partial charge in [-0.1, -0.05) is 41.9 Å². The molecule has 6 heteroatoms. The van der Waals surface area contributed by atoms with Gasteiger partial charge in [0, 0.05) is 17.5 Å². The van der Waals surface area contributed by atoms with Crippen LogP contribution in [0, 0.1) is 11.3 Å². The highest BCUT2D eigenvalue weighted by atomic mass is 35.5. The number of halogens is 1. The van der Waals surface area contributed by atoms with E-state index in [0.717, 1.165) is 10.9 Å². The number of rotatable bonds is 1. The van der Waals surface area contributed by atoms with Gasteiger partial charge in [0.05, 0.1) is 17.0 Å². The second kappa shape index (κ2) is 5.94. The number of allylic oxidation sites excluding steroid dienone is 1. The first-order valence-electron chi connectivity index (χ1n) is 7.98. The molecule has 2 N–H and O–H groups in total. The molecule has 0 unspecified atom stereocenters. The van der Waals surface area contributed by atoms with Gasteiger partial charge in [-0.25, -0.2) is 0 Å². The van der Waals surface area contributed by atoms with Crippen molar-refractivity contribution in [1.29, 1.82) is 5.26 Å². The molecule has 1 aliphatic heterocycles. The van der Waals surface area contributed by atoms with E-state index in [0.29, 0.717) is 21.9 Å². The molecule has 0 radical (unpaired) electrons. The average Bonchev–Trinajstić information content (AvgIpc) is 2.65. The van der Waals surface area contributed by atoms with Crippen molar-refractivity contribution >= 4 is 22.5 Å². The Kier molecular flexibility index (Phi) is 3.71. The monoisotopic (exact) mass is 363 g/mol. The quantitative estimate of drug-likeness (QED) is 0.718. The summed E-state index contributed by atoms with van der Waals surface area (Å²) in [5, 5.41) is 10.9. The fourth-order valence-corrected chi connectivity index (χ4v) is 3.69. The second-order valence-corrected chi connectivity index (χ2v) is 6.48. The van der Waals surface area contributed by atoms with E-state index in [-0.39, 0.29) is 17.0 Å². The predicted octanol–water partition coefficient (Wildman–Crippen LogP) is 3.41. The van der Waals surface area contributed by atoms with E-state index >= 15 is 0 Å². The number of ether oxygens (including phenoxy) is 1. The third kappa shape index (κ3) is 2.20. The number of para-hydroxylation sites is 1. The number of hydrogen-bond donors (Lipinski definition) is 1. The molecule has 0 amide bonds. The predicted molar refractivity (Wildman–Crippen MR) is 99.9 cm³/mol. The molecule has 0 spiro atoms. The zero-order chi connectivity index (χ0) is 18.4. The van der Waals surface area contributed by atoms with Crippen molar-refractivity contribution in [2.75, 3.05) is 0 Å². The van der Waals surface area contributed by atoms with Crippen molar-refractivity contribution in [3.63, 3.8) is 0 Å². The molecule has 3 aromatic rings. The van der Waals surface area contributed by atoms with Crippen molar-refractivity contribution in [2.24, 2.45) is 12.8 Å². The number of hydrogen-bond acceptors (Lipinski definition) is 4. The highest BCUT2D eigenvalue weighted by molar-refractivity contribution is 6.31. The smallest absolute Gasteiger partial charge is 0.258 e. The van der Waals surface area contributed by atoms with Crippen LogP contribution in [0.3, 0.4) is 0 Å². The lowest BCUT2D eigenvalue weighted by Gasteiger charge is -2.28. The summed E-state index contributed by atoms with van der Waals surface area (Å²) in [6.07, 6.45) is 0. The largest absolute Gasteiger partial charge is 0.439 e. The van der Waals surface area contributed by atoms with Crippen molar-refractivity contribution in [3.8, 4) is 11.8 Å². The lowest BCUT2D eigenvalue weighted by molar-refractivity contribution is 0.396. The van der Waals surface area contributed by atoms with E-state index in [1.165, 1.54) is 0 Å². The van der Waals surface area contributed by atoms with Gasteiger partial charge in [0.1, 0.15) is 17.4 Å². The van der Waals surface area contributed by atoms with Gasteiger partial charge in [-0.05, 0) is 23.8 Å². The van der Waals surface area contributed by atoms with E-state index in [9.17, 15) is 10.1 Å². The van der Waals surface area contributed by atoms with Gasteiger partial charge >= 0.3 is 0 Å². The van der Waals surface area contributed by atoms with Crippen LogP contribution in [0.25, 0.3) is 10.9 Å². The number of aryl methyl sites for hydroxylation is 1. The van der Waals surface area contributed by atoms with Gasteiger partial charge in [-0.3, -0.25) is 4.79 Å². The van der Waals surface area contributed by atoms with Crippen molar-refractivity contribution in [3.05, 3.63) is 86.5 Å². The summed E-state index contributed by atoms with van der Waals surface area (Å²) < 4.78 is 7.31. The summed E-state index contributed by atoms with van der Waals surface area (Å²) in [5.74, 6) is -0.311. The normalized spacial score (nSPS) is 16.1. The van der Waals surface area contributed by atoms with Gasteiger partial charge in [0.2, 0.25) is 5.88 Å². The van der Waals surface area contributed by atoms with Crippen LogP contribution >= 0.6 is 11.6 Å². The fraction of sp³-hybridized carbons (Fsp3) is 0.100. The van der Waals surface area contributed by atoms with Crippen molar-refractivity contribution < 1.29 is 4.74 Å². The van der Waals surface area contributed by atoms with Gasteiger partial charge in [0.25, 0.3) is 5.56 Å². The van der Waals surface area contributed by atoms with E-state index in [1.807, 2.05) is 30.3 Å².